The van der Waals surface area contributed by atoms with E-state index in [1.54, 1.807) is 0 Å². The van der Waals surface area contributed by atoms with Crippen LogP contribution in [-0.4, -0.2) is 31.7 Å². The Morgan fingerprint density at radius 1 is 1.18 bits per heavy atom. The summed E-state index contributed by atoms with van der Waals surface area (Å²) in [5, 5.41) is 11.6. The molecular weight excluding hydrogens is 306 g/mol. The lowest BCUT2D eigenvalue weighted by Crippen LogP contribution is -2.18. The summed E-state index contributed by atoms with van der Waals surface area (Å²) in [6.07, 6.45) is 1.27. The van der Waals surface area contributed by atoms with Crippen LogP contribution >= 0.6 is 0 Å². The van der Waals surface area contributed by atoms with Crippen LogP contribution in [0.2, 0.25) is 0 Å². The van der Waals surface area contributed by atoms with Crippen molar-refractivity contribution < 1.29 is 23.1 Å². The highest BCUT2D eigenvalue weighted by molar-refractivity contribution is 7.90. The number of hydrogen-bond acceptors (Lipinski definition) is 4. The molecule has 0 fully saturated rings. The number of sulfone groups is 1. The van der Waals surface area contributed by atoms with E-state index in [-0.39, 0.29) is 34.4 Å². The Morgan fingerprint density at radius 3 is 2.23 bits per heavy atom. The Labute approximate surface area is 130 Å². The molecule has 7 heteroatoms. The zero-order chi connectivity index (χ0) is 17.1. The number of carbonyl (C=O) groups is 2. The number of benzene rings is 1. The van der Waals surface area contributed by atoms with Crippen LogP contribution in [0.25, 0.3) is 0 Å². The van der Waals surface area contributed by atoms with Gasteiger partial charge in [0, 0.05) is 18.4 Å². The summed E-state index contributed by atoms with van der Waals surface area (Å²) in [7, 11) is -3.57. The molecular formula is C15H21NO5S. The molecule has 0 aromatic heterocycles. The van der Waals surface area contributed by atoms with Crippen LogP contribution in [0.5, 0.6) is 0 Å². The monoisotopic (exact) mass is 327 g/mol. The van der Waals surface area contributed by atoms with Gasteiger partial charge in [0.05, 0.1) is 10.5 Å². The fraction of sp³-hybridized carbons (Fsp3) is 0.467. The van der Waals surface area contributed by atoms with Crippen molar-refractivity contribution in [3.05, 3.63) is 23.8 Å². The average molecular weight is 327 g/mol. The molecule has 0 saturated heterocycles. The zero-order valence-corrected chi connectivity index (χ0v) is 13.9. The normalized spacial score (nSPS) is 13.0. The number of carboxylic acid groups (broad SMARTS) is 1. The smallest absolute Gasteiger partial charge is 0.335 e. The number of aromatic carboxylic acids is 1. The van der Waals surface area contributed by atoms with E-state index in [1.807, 2.05) is 20.8 Å². The van der Waals surface area contributed by atoms with Crippen LogP contribution in [-0.2, 0) is 14.6 Å². The Morgan fingerprint density at radius 2 is 1.77 bits per heavy atom. The first-order chi connectivity index (χ1) is 10.0. The molecule has 122 valence electrons. The molecule has 1 aromatic rings. The molecule has 0 bridgehead atoms. The zero-order valence-electron chi connectivity index (χ0n) is 13.1. The maximum atomic E-state index is 12.0. The van der Waals surface area contributed by atoms with Crippen molar-refractivity contribution in [2.24, 2.45) is 11.8 Å². The van der Waals surface area contributed by atoms with Gasteiger partial charge in [-0.15, -0.1) is 0 Å². The molecule has 0 spiro atoms. The lowest BCUT2D eigenvalue weighted by atomic mass is 9.94. The third-order valence-electron chi connectivity index (χ3n) is 3.51. The molecule has 0 aliphatic rings. The summed E-state index contributed by atoms with van der Waals surface area (Å²) in [6, 6.07) is 3.58. The van der Waals surface area contributed by atoms with E-state index in [0.717, 1.165) is 12.3 Å². The minimum atomic E-state index is -3.57. The summed E-state index contributed by atoms with van der Waals surface area (Å²) in [6.45, 7) is 5.95. The molecule has 0 heterocycles. The van der Waals surface area contributed by atoms with E-state index in [4.69, 9.17) is 5.11 Å². The highest BCUT2D eigenvalue weighted by Gasteiger charge is 2.16. The SMILES string of the molecule is CC(C)C(C)CC(=O)Nc1cc(C(=O)O)cc(S(C)(=O)=O)c1. The second-order valence-electron chi connectivity index (χ2n) is 5.80. The van der Waals surface area contributed by atoms with E-state index < -0.39 is 15.8 Å². The topological polar surface area (TPSA) is 101 Å². The summed E-state index contributed by atoms with van der Waals surface area (Å²) >= 11 is 0. The average Bonchev–Trinajstić information content (AvgIpc) is 2.36. The minimum absolute atomic E-state index is 0.139. The molecule has 1 unspecified atom stereocenters. The van der Waals surface area contributed by atoms with E-state index in [0.29, 0.717) is 5.92 Å². The fourth-order valence-electron chi connectivity index (χ4n) is 1.75. The van der Waals surface area contributed by atoms with Crippen LogP contribution in [0.15, 0.2) is 23.1 Å². The Balaban J connectivity index is 3.07. The van der Waals surface area contributed by atoms with E-state index in [2.05, 4.69) is 5.32 Å². The van der Waals surface area contributed by atoms with Gasteiger partial charge in [-0.05, 0) is 30.0 Å². The first kappa shape index (κ1) is 18.2. The van der Waals surface area contributed by atoms with Crippen molar-refractivity contribution in [1.82, 2.24) is 0 Å². The molecule has 6 nitrogen and oxygen atoms in total. The van der Waals surface area contributed by atoms with Gasteiger partial charge < -0.3 is 10.4 Å². The third kappa shape index (κ3) is 5.14. The van der Waals surface area contributed by atoms with Gasteiger partial charge in [0.2, 0.25) is 5.91 Å². The van der Waals surface area contributed by atoms with Gasteiger partial charge in [0.15, 0.2) is 9.84 Å². The van der Waals surface area contributed by atoms with Gasteiger partial charge >= 0.3 is 5.97 Å². The standard InChI is InChI=1S/C15H21NO5S/c1-9(2)10(3)5-14(17)16-12-6-11(15(18)19)7-13(8-12)22(4,20)21/h6-10H,5H2,1-4H3,(H,16,17)(H,18,19). The molecule has 1 rings (SSSR count). The number of nitrogens with one attached hydrogen (secondary N) is 1. The molecule has 0 aliphatic heterocycles. The molecule has 1 amide bonds. The molecule has 2 N–H and O–H groups in total. The fourth-order valence-corrected chi connectivity index (χ4v) is 2.43. The first-order valence-corrected chi connectivity index (χ1v) is 8.78. The van der Waals surface area contributed by atoms with Gasteiger partial charge in [-0.3, -0.25) is 4.79 Å². The molecule has 0 aliphatic carbocycles. The van der Waals surface area contributed by atoms with Gasteiger partial charge in [-0.1, -0.05) is 20.8 Å². The van der Waals surface area contributed by atoms with Crippen molar-refractivity contribution >= 4 is 27.4 Å². The second kappa shape index (κ2) is 6.91. The Kier molecular flexibility index (Phi) is 5.71. The third-order valence-corrected chi connectivity index (χ3v) is 4.60. The predicted molar refractivity (Wildman–Crippen MR) is 83.8 cm³/mol. The largest absolute Gasteiger partial charge is 0.478 e. The van der Waals surface area contributed by atoms with E-state index in [1.165, 1.54) is 12.1 Å². The lowest BCUT2D eigenvalue weighted by Gasteiger charge is -2.15. The molecule has 22 heavy (non-hydrogen) atoms. The van der Waals surface area contributed by atoms with Crippen LogP contribution in [0, 0.1) is 11.8 Å². The van der Waals surface area contributed by atoms with Crippen LogP contribution in [0.4, 0.5) is 5.69 Å². The second-order valence-corrected chi connectivity index (χ2v) is 7.81. The number of amides is 1. The van der Waals surface area contributed by atoms with Crippen molar-refractivity contribution in [3.63, 3.8) is 0 Å². The maximum absolute atomic E-state index is 12.0. The lowest BCUT2D eigenvalue weighted by molar-refractivity contribution is -0.117. The quantitative estimate of drug-likeness (QED) is 0.835. The van der Waals surface area contributed by atoms with Gasteiger partial charge in [-0.2, -0.15) is 0 Å². The summed E-state index contributed by atoms with van der Waals surface area (Å²) in [5.74, 6) is -1.03. The number of anilines is 1. The highest BCUT2D eigenvalue weighted by Crippen LogP contribution is 2.21. The van der Waals surface area contributed by atoms with Gasteiger partial charge in [0.1, 0.15) is 0 Å². The van der Waals surface area contributed by atoms with Gasteiger partial charge in [0.25, 0.3) is 0 Å². The number of rotatable bonds is 6. The minimum Gasteiger partial charge on any atom is -0.478 e. The Bertz CT molecular complexity index is 679. The molecule has 0 radical (unpaired) electrons. The molecule has 1 aromatic carbocycles. The van der Waals surface area contributed by atoms with E-state index in [9.17, 15) is 18.0 Å². The summed E-state index contributed by atoms with van der Waals surface area (Å²) < 4.78 is 23.2. The van der Waals surface area contributed by atoms with Gasteiger partial charge in [-0.25, -0.2) is 13.2 Å². The van der Waals surface area contributed by atoms with Crippen LogP contribution < -0.4 is 5.32 Å². The highest BCUT2D eigenvalue weighted by atomic mass is 32.2. The number of carbonyl (C=O) groups excluding carboxylic acids is 1. The van der Waals surface area contributed by atoms with Crippen molar-refractivity contribution in [2.75, 3.05) is 11.6 Å². The summed E-state index contributed by atoms with van der Waals surface area (Å²) in [4.78, 5) is 22.9. The Hall–Kier alpha value is -1.89. The first-order valence-electron chi connectivity index (χ1n) is 6.89. The summed E-state index contributed by atoms with van der Waals surface area (Å²) in [5.41, 5.74) is -0.0172. The van der Waals surface area contributed by atoms with Crippen molar-refractivity contribution in [3.8, 4) is 0 Å². The predicted octanol–water partition coefficient (Wildman–Crippen LogP) is 2.41. The van der Waals surface area contributed by atoms with Crippen molar-refractivity contribution in [2.45, 2.75) is 32.1 Å². The molecule has 1 atom stereocenters. The number of carboxylic acids is 1. The van der Waals surface area contributed by atoms with Crippen LogP contribution in [0.3, 0.4) is 0 Å². The maximum Gasteiger partial charge on any atom is 0.335 e. The molecule has 0 saturated carbocycles. The van der Waals surface area contributed by atoms with Crippen LogP contribution in [0.1, 0.15) is 37.6 Å². The number of hydrogen-bond donors (Lipinski definition) is 2. The van der Waals surface area contributed by atoms with Crippen molar-refractivity contribution in [1.29, 1.82) is 0 Å². The van der Waals surface area contributed by atoms with E-state index >= 15 is 0 Å².